The highest BCUT2D eigenvalue weighted by atomic mass is 32.2. The largest absolute Gasteiger partial charge is 0.341 e. The Kier molecular flexibility index (Phi) is 6.24. The monoisotopic (exact) mass is 537 g/mol. The lowest BCUT2D eigenvalue weighted by Gasteiger charge is -2.31. The number of thiazole rings is 1. The zero-order chi connectivity index (χ0) is 25.7. The fourth-order valence-corrected chi connectivity index (χ4v) is 8.27. The molecule has 2 fully saturated rings. The van der Waals surface area contributed by atoms with E-state index in [4.69, 9.17) is 0 Å². The molecule has 0 spiro atoms. The maximum Gasteiger partial charge on any atom is 0.308 e. The van der Waals surface area contributed by atoms with E-state index >= 15 is 0 Å². The first kappa shape index (κ1) is 24.1. The van der Waals surface area contributed by atoms with Crippen LogP contribution in [0.5, 0.6) is 0 Å². The second-order valence-electron chi connectivity index (χ2n) is 9.51. The summed E-state index contributed by atoms with van der Waals surface area (Å²) >= 11 is 2.24. The molecule has 3 atom stereocenters. The Hall–Kier alpha value is -3.24. The van der Waals surface area contributed by atoms with E-state index in [1.165, 1.54) is 40.6 Å². The molecule has 3 amide bonds. The average molecular weight is 538 g/mol. The Morgan fingerprint density at radius 2 is 1.62 bits per heavy atom. The summed E-state index contributed by atoms with van der Waals surface area (Å²) < 4.78 is 15.0. The van der Waals surface area contributed by atoms with Crippen LogP contribution in [0.15, 0.2) is 64.4 Å². The van der Waals surface area contributed by atoms with Crippen LogP contribution in [-0.4, -0.2) is 45.5 Å². The van der Waals surface area contributed by atoms with Gasteiger partial charge in [0.05, 0.1) is 16.6 Å². The van der Waals surface area contributed by atoms with Crippen LogP contribution in [-0.2, 0) is 20.9 Å². The zero-order valence-electron chi connectivity index (χ0n) is 19.8. The van der Waals surface area contributed by atoms with Crippen LogP contribution in [0.2, 0.25) is 0 Å². The van der Waals surface area contributed by atoms with Gasteiger partial charge in [-0.05, 0) is 49.1 Å². The summed E-state index contributed by atoms with van der Waals surface area (Å²) in [5, 5.41) is -0.182. The Bertz CT molecular complexity index is 1430. The van der Waals surface area contributed by atoms with Crippen molar-refractivity contribution in [2.45, 2.75) is 42.0 Å². The Labute approximate surface area is 220 Å². The number of likely N-dealkylation sites (tertiary alicyclic amines) is 1. The normalized spacial score (nSPS) is 23.2. The molecule has 190 valence electrons. The number of halogens is 1. The lowest BCUT2D eigenvalue weighted by molar-refractivity contribution is -0.133. The first-order chi connectivity index (χ1) is 17.9. The van der Waals surface area contributed by atoms with Crippen LogP contribution in [0.3, 0.4) is 0 Å². The summed E-state index contributed by atoms with van der Waals surface area (Å²) in [7, 11) is 0. The molecule has 0 aliphatic carbocycles. The fraction of sp³-hybridized carbons (Fsp3) is 0.333. The van der Waals surface area contributed by atoms with Gasteiger partial charge >= 0.3 is 4.87 Å². The van der Waals surface area contributed by atoms with Gasteiger partial charge in [0.25, 0.3) is 0 Å². The third kappa shape index (κ3) is 4.12. The molecule has 0 unspecified atom stereocenters. The number of aromatic nitrogens is 1. The van der Waals surface area contributed by atoms with Gasteiger partial charge in [0.2, 0.25) is 17.7 Å². The molecule has 7 nitrogen and oxygen atoms in total. The number of thioether (sulfide) groups is 1. The number of amides is 3. The number of fused-ring (bicyclic) bond motifs is 2. The number of imide groups is 1. The van der Waals surface area contributed by atoms with Crippen molar-refractivity contribution in [1.82, 2.24) is 9.47 Å². The van der Waals surface area contributed by atoms with Crippen molar-refractivity contribution < 1.29 is 18.8 Å². The lowest BCUT2D eigenvalue weighted by atomic mass is 9.83. The van der Waals surface area contributed by atoms with Crippen LogP contribution < -0.4 is 9.77 Å². The SMILES string of the molecule is O=C(Cn1c2c(sc1=O)[C@@H](c1ccccc1)[C@@H]1C(=O)N(c3ccc(F)cc3)C(=O)[C@@H]1S2)N1CCCCC1. The minimum atomic E-state index is -0.763. The van der Waals surface area contributed by atoms with Crippen molar-refractivity contribution >= 4 is 46.5 Å². The van der Waals surface area contributed by atoms with Gasteiger partial charge in [0.1, 0.15) is 17.6 Å². The average Bonchev–Trinajstić information content (AvgIpc) is 3.36. The number of carbonyl (C=O) groups excluding carboxylic acids is 3. The van der Waals surface area contributed by atoms with Gasteiger partial charge in [-0.1, -0.05) is 53.4 Å². The molecule has 10 heteroatoms. The van der Waals surface area contributed by atoms with E-state index in [0.717, 1.165) is 41.1 Å². The van der Waals surface area contributed by atoms with Gasteiger partial charge in [-0.25, -0.2) is 9.29 Å². The fourth-order valence-electron chi connectivity index (χ4n) is 5.50. The number of nitrogens with zero attached hydrogens (tertiary/aromatic N) is 3. The third-order valence-electron chi connectivity index (χ3n) is 7.29. The molecular weight excluding hydrogens is 513 g/mol. The molecular formula is C27H24FN3O4S2. The van der Waals surface area contributed by atoms with Gasteiger partial charge in [-0.3, -0.25) is 23.7 Å². The molecule has 1 aromatic heterocycles. The molecule has 37 heavy (non-hydrogen) atoms. The number of piperidine rings is 1. The Morgan fingerprint density at radius 3 is 2.32 bits per heavy atom. The van der Waals surface area contributed by atoms with Crippen LogP contribution in [0.1, 0.15) is 35.6 Å². The van der Waals surface area contributed by atoms with E-state index in [1.807, 2.05) is 30.3 Å². The minimum absolute atomic E-state index is 0.0830. The van der Waals surface area contributed by atoms with Gasteiger partial charge in [-0.15, -0.1) is 0 Å². The molecule has 0 bridgehead atoms. The van der Waals surface area contributed by atoms with E-state index in [-0.39, 0.29) is 23.2 Å². The first-order valence-corrected chi connectivity index (χ1v) is 14.0. The van der Waals surface area contributed by atoms with Crippen molar-refractivity contribution in [3.63, 3.8) is 0 Å². The maximum atomic E-state index is 13.8. The predicted octanol–water partition coefficient (Wildman–Crippen LogP) is 3.86. The van der Waals surface area contributed by atoms with E-state index in [0.29, 0.717) is 28.7 Å². The predicted molar refractivity (Wildman–Crippen MR) is 139 cm³/mol. The van der Waals surface area contributed by atoms with Gasteiger partial charge in [0.15, 0.2) is 0 Å². The number of rotatable bonds is 4. The molecule has 3 aliphatic heterocycles. The van der Waals surface area contributed by atoms with Gasteiger partial charge < -0.3 is 4.90 Å². The zero-order valence-corrected chi connectivity index (χ0v) is 21.5. The van der Waals surface area contributed by atoms with E-state index in [2.05, 4.69) is 0 Å². The minimum Gasteiger partial charge on any atom is -0.341 e. The molecule has 0 saturated carbocycles. The number of benzene rings is 2. The van der Waals surface area contributed by atoms with Crippen molar-refractivity contribution in [2.75, 3.05) is 18.0 Å². The summed E-state index contributed by atoms with van der Waals surface area (Å²) in [5.74, 6) is -2.56. The smallest absolute Gasteiger partial charge is 0.308 e. The Morgan fingerprint density at radius 1 is 0.919 bits per heavy atom. The second-order valence-corrected chi connectivity index (χ2v) is 11.6. The van der Waals surface area contributed by atoms with Crippen LogP contribution in [0.25, 0.3) is 0 Å². The maximum absolute atomic E-state index is 13.8. The first-order valence-electron chi connectivity index (χ1n) is 12.3. The number of hydrogen-bond acceptors (Lipinski definition) is 6. The van der Waals surface area contributed by atoms with Crippen molar-refractivity contribution in [1.29, 1.82) is 0 Å². The number of hydrogen-bond donors (Lipinski definition) is 0. The van der Waals surface area contributed by atoms with Crippen molar-refractivity contribution in [2.24, 2.45) is 5.92 Å². The van der Waals surface area contributed by atoms with Crippen LogP contribution in [0, 0.1) is 11.7 Å². The molecule has 4 heterocycles. The molecule has 2 aromatic carbocycles. The Balaban J connectivity index is 1.42. The van der Waals surface area contributed by atoms with Crippen molar-refractivity contribution in [3.05, 3.63) is 80.5 Å². The van der Waals surface area contributed by atoms with Gasteiger partial charge in [-0.2, -0.15) is 0 Å². The number of carbonyl (C=O) groups is 3. The molecule has 0 radical (unpaired) electrons. The highest BCUT2D eigenvalue weighted by molar-refractivity contribution is 8.00. The van der Waals surface area contributed by atoms with E-state index in [1.54, 1.807) is 4.90 Å². The summed E-state index contributed by atoms with van der Waals surface area (Å²) in [6, 6.07) is 14.7. The summed E-state index contributed by atoms with van der Waals surface area (Å²) in [6.07, 6.45) is 3.00. The summed E-state index contributed by atoms with van der Waals surface area (Å²) in [4.78, 5) is 57.0. The molecule has 3 aliphatic rings. The molecule has 0 N–H and O–H groups in total. The summed E-state index contributed by atoms with van der Waals surface area (Å²) in [5.41, 5.74) is 1.15. The highest BCUT2D eigenvalue weighted by Crippen LogP contribution is 2.53. The standard InChI is InChI=1S/C27H24FN3O4S2/c28-17-9-11-18(12-10-17)31-24(33)21-20(16-7-3-1-4-8-16)23-26(36-22(21)25(31)34)30(27(35)37-23)15-19(32)29-13-5-2-6-14-29/h1,3-4,7-12,20-22H,2,5-6,13-15H2/t20-,21-,22+/m0/s1. The van der Waals surface area contributed by atoms with Gasteiger partial charge in [0, 0.05) is 23.9 Å². The third-order valence-corrected chi connectivity index (χ3v) is 9.90. The molecule has 3 aromatic rings. The topological polar surface area (TPSA) is 79.7 Å². The summed E-state index contributed by atoms with van der Waals surface area (Å²) in [6.45, 7) is 1.29. The molecule has 6 rings (SSSR count). The van der Waals surface area contributed by atoms with Crippen LogP contribution >= 0.6 is 23.1 Å². The van der Waals surface area contributed by atoms with E-state index in [9.17, 15) is 23.6 Å². The van der Waals surface area contributed by atoms with E-state index < -0.39 is 28.8 Å². The second kappa shape index (κ2) is 9.57. The van der Waals surface area contributed by atoms with Crippen LogP contribution in [0.4, 0.5) is 10.1 Å². The highest BCUT2D eigenvalue weighted by Gasteiger charge is 2.56. The van der Waals surface area contributed by atoms with Crippen molar-refractivity contribution in [3.8, 4) is 0 Å². The quantitative estimate of drug-likeness (QED) is 0.473. The molecule has 2 saturated heterocycles. The lowest BCUT2D eigenvalue weighted by Crippen LogP contribution is -2.39. The number of anilines is 1.